The van der Waals surface area contributed by atoms with Crippen LogP contribution in [0.4, 0.5) is 4.39 Å². The van der Waals surface area contributed by atoms with Crippen molar-refractivity contribution in [2.75, 3.05) is 14.2 Å². The van der Waals surface area contributed by atoms with Gasteiger partial charge in [-0.25, -0.2) is 4.39 Å². The number of benzene rings is 2. The van der Waals surface area contributed by atoms with E-state index in [1.54, 1.807) is 37.4 Å². The van der Waals surface area contributed by atoms with E-state index in [0.717, 1.165) is 11.1 Å². The van der Waals surface area contributed by atoms with Crippen molar-refractivity contribution in [1.29, 1.82) is 0 Å². The highest BCUT2D eigenvalue weighted by molar-refractivity contribution is 5.83. The Morgan fingerprint density at radius 2 is 1.64 bits per heavy atom. The molecule has 0 heterocycles. The Bertz CT molecular complexity index is 807. The highest BCUT2D eigenvalue weighted by atomic mass is 19.1. The molecule has 0 unspecified atom stereocenters. The second-order valence-corrected chi connectivity index (χ2v) is 6.17. The Morgan fingerprint density at radius 3 is 2.29 bits per heavy atom. The fraction of sp³-hybridized carbons (Fsp3) is 0.333. The van der Waals surface area contributed by atoms with Crippen LogP contribution < -0.4 is 14.8 Å². The summed E-state index contributed by atoms with van der Waals surface area (Å²) in [5.74, 6) is -0.0512. The van der Waals surface area contributed by atoms with Gasteiger partial charge in [0, 0.05) is 13.0 Å². The monoisotopic (exact) mass is 389 g/mol. The Hall–Kier alpha value is -3.09. The molecule has 1 N–H and O–H groups in total. The van der Waals surface area contributed by atoms with E-state index in [-0.39, 0.29) is 18.8 Å². The average molecular weight is 389 g/mol. The highest BCUT2D eigenvalue weighted by Gasteiger charge is 2.17. The van der Waals surface area contributed by atoms with E-state index >= 15 is 0 Å². The lowest BCUT2D eigenvalue weighted by atomic mass is 10.1. The number of hydrogen-bond donors (Lipinski definition) is 1. The first-order valence-corrected chi connectivity index (χ1v) is 8.85. The van der Waals surface area contributed by atoms with Crippen LogP contribution in [0.15, 0.2) is 42.5 Å². The van der Waals surface area contributed by atoms with Crippen molar-refractivity contribution >= 4 is 11.9 Å². The molecule has 2 aromatic carbocycles. The summed E-state index contributed by atoms with van der Waals surface area (Å²) in [4.78, 5) is 24.1. The maximum atomic E-state index is 12.9. The predicted octanol–water partition coefficient (Wildman–Crippen LogP) is 3.02. The van der Waals surface area contributed by atoms with Crippen LogP contribution in [0, 0.1) is 5.82 Å². The number of hydrogen-bond acceptors (Lipinski definition) is 5. The zero-order valence-electron chi connectivity index (χ0n) is 16.2. The maximum Gasteiger partial charge on any atom is 0.306 e. The second kappa shape index (κ2) is 10.3. The van der Waals surface area contributed by atoms with Crippen molar-refractivity contribution in [3.8, 4) is 11.5 Å². The summed E-state index contributed by atoms with van der Waals surface area (Å²) in [6.07, 6.45) is -0.390. The van der Waals surface area contributed by atoms with Crippen molar-refractivity contribution in [3.63, 3.8) is 0 Å². The molecule has 6 nitrogen and oxygen atoms in total. The summed E-state index contributed by atoms with van der Waals surface area (Å²) in [7, 11) is 3.08. The molecule has 0 spiro atoms. The fourth-order valence-electron chi connectivity index (χ4n) is 2.53. The Kier molecular flexibility index (Phi) is 7.80. The summed E-state index contributed by atoms with van der Waals surface area (Å²) >= 11 is 0. The smallest absolute Gasteiger partial charge is 0.306 e. The van der Waals surface area contributed by atoms with Crippen LogP contribution in [-0.2, 0) is 27.3 Å². The summed E-state index contributed by atoms with van der Waals surface area (Å²) in [6, 6.07) is 11.2. The largest absolute Gasteiger partial charge is 0.493 e. The van der Waals surface area contributed by atoms with Gasteiger partial charge in [-0.2, -0.15) is 0 Å². The molecule has 0 fully saturated rings. The second-order valence-electron chi connectivity index (χ2n) is 6.17. The topological polar surface area (TPSA) is 73.9 Å². The van der Waals surface area contributed by atoms with E-state index in [4.69, 9.17) is 14.2 Å². The van der Waals surface area contributed by atoms with Gasteiger partial charge in [-0.1, -0.05) is 18.2 Å². The molecular formula is C21H24FNO5. The molecule has 28 heavy (non-hydrogen) atoms. The lowest BCUT2D eigenvalue weighted by Gasteiger charge is -2.14. The number of carbonyl (C=O) groups excluding carboxylic acids is 2. The number of halogens is 1. The molecule has 0 saturated heterocycles. The predicted molar refractivity (Wildman–Crippen MR) is 102 cm³/mol. The molecule has 0 aliphatic heterocycles. The minimum Gasteiger partial charge on any atom is -0.493 e. The molecule has 2 rings (SSSR count). The van der Waals surface area contributed by atoms with Crippen molar-refractivity contribution in [2.24, 2.45) is 0 Å². The maximum absolute atomic E-state index is 12.9. The number of esters is 1. The van der Waals surface area contributed by atoms with Crippen LogP contribution >= 0.6 is 0 Å². The van der Waals surface area contributed by atoms with Gasteiger partial charge in [0.2, 0.25) is 0 Å². The molecule has 0 aliphatic carbocycles. The van der Waals surface area contributed by atoms with E-state index in [2.05, 4.69) is 5.32 Å². The Balaban J connectivity index is 1.78. The lowest BCUT2D eigenvalue weighted by Crippen LogP contribution is -2.35. The minimum atomic E-state index is -0.916. The average Bonchev–Trinajstić information content (AvgIpc) is 2.71. The van der Waals surface area contributed by atoms with E-state index in [0.29, 0.717) is 17.9 Å². The van der Waals surface area contributed by atoms with E-state index in [1.165, 1.54) is 26.2 Å². The molecule has 0 aliphatic rings. The first kappa shape index (κ1) is 21.2. The minimum absolute atomic E-state index is 0.110. The van der Waals surface area contributed by atoms with Crippen molar-refractivity contribution in [1.82, 2.24) is 5.32 Å². The summed E-state index contributed by atoms with van der Waals surface area (Å²) < 4.78 is 28.4. The zero-order chi connectivity index (χ0) is 20.5. The molecule has 7 heteroatoms. The van der Waals surface area contributed by atoms with Gasteiger partial charge in [-0.05, 0) is 48.7 Å². The number of ether oxygens (including phenoxy) is 3. The molecule has 150 valence electrons. The molecule has 2 aromatic rings. The Labute approximate surface area is 163 Å². The molecule has 0 saturated carbocycles. The van der Waals surface area contributed by atoms with Gasteiger partial charge in [-0.15, -0.1) is 0 Å². The van der Waals surface area contributed by atoms with Gasteiger partial charge in [-0.3, -0.25) is 9.59 Å². The third-order valence-corrected chi connectivity index (χ3v) is 4.12. The van der Waals surface area contributed by atoms with E-state index in [1.807, 2.05) is 0 Å². The first-order valence-electron chi connectivity index (χ1n) is 8.85. The third-order valence-electron chi connectivity index (χ3n) is 4.12. The van der Waals surface area contributed by atoms with E-state index < -0.39 is 18.0 Å². The van der Waals surface area contributed by atoms with Gasteiger partial charge in [0.1, 0.15) is 5.82 Å². The van der Waals surface area contributed by atoms with Crippen LogP contribution in [-0.4, -0.2) is 32.2 Å². The highest BCUT2D eigenvalue weighted by Crippen LogP contribution is 2.27. The van der Waals surface area contributed by atoms with Crippen LogP contribution in [0.5, 0.6) is 11.5 Å². The summed E-state index contributed by atoms with van der Waals surface area (Å²) in [5.41, 5.74) is 1.64. The Morgan fingerprint density at radius 1 is 1.00 bits per heavy atom. The standard InChI is InChI=1S/C21H24FNO5/c1-14(28-20(24)11-7-15-4-8-17(22)9-5-15)21(25)23-13-16-6-10-18(26-2)19(12-16)27-3/h4-6,8-10,12,14H,7,11,13H2,1-3H3,(H,23,25)/t14-/m0/s1. The number of methoxy groups -OCH3 is 2. The normalized spacial score (nSPS) is 11.4. The first-order chi connectivity index (χ1) is 13.4. The number of carbonyl (C=O) groups is 2. The van der Waals surface area contributed by atoms with Crippen molar-refractivity contribution in [3.05, 3.63) is 59.4 Å². The van der Waals surface area contributed by atoms with Gasteiger partial charge in [0.05, 0.1) is 14.2 Å². The fourth-order valence-corrected chi connectivity index (χ4v) is 2.53. The van der Waals surface area contributed by atoms with Crippen LogP contribution in [0.2, 0.25) is 0 Å². The SMILES string of the molecule is COc1ccc(CNC(=O)[C@H](C)OC(=O)CCc2ccc(F)cc2)cc1OC. The van der Waals surface area contributed by atoms with Crippen LogP contribution in [0.25, 0.3) is 0 Å². The molecule has 0 radical (unpaired) electrons. The number of aryl methyl sites for hydroxylation is 1. The van der Waals surface area contributed by atoms with Gasteiger partial charge < -0.3 is 19.5 Å². The van der Waals surface area contributed by atoms with Gasteiger partial charge in [0.25, 0.3) is 5.91 Å². The third kappa shape index (κ3) is 6.26. The molecular weight excluding hydrogens is 365 g/mol. The molecule has 1 atom stereocenters. The number of amides is 1. The quantitative estimate of drug-likeness (QED) is 0.668. The lowest BCUT2D eigenvalue weighted by molar-refractivity contribution is -0.154. The van der Waals surface area contributed by atoms with Crippen molar-refractivity contribution in [2.45, 2.75) is 32.4 Å². The summed E-state index contributed by atoms with van der Waals surface area (Å²) in [6.45, 7) is 1.77. The van der Waals surface area contributed by atoms with Crippen molar-refractivity contribution < 1.29 is 28.2 Å². The van der Waals surface area contributed by atoms with Gasteiger partial charge in [0.15, 0.2) is 17.6 Å². The molecule has 0 bridgehead atoms. The number of rotatable bonds is 9. The number of nitrogens with one attached hydrogen (secondary N) is 1. The van der Waals surface area contributed by atoms with Crippen LogP contribution in [0.1, 0.15) is 24.5 Å². The summed E-state index contributed by atoms with van der Waals surface area (Å²) in [5, 5.41) is 2.72. The molecule has 0 aromatic heterocycles. The molecule has 1 amide bonds. The van der Waals surface area contributed by atoms with Crippen LogP contribution in [0.3, 0.4) is 0 Å². The zero-order valence-corrected chi connectivity index (χ0v) is 16.2. The van der Waals surface area contributed by atoms with E-state index in [9.17, 15) is 14.0 Å². The van der Waals surface area contributed by atoms with Gasteiger partial charge >= 0.3 is 5.97 Å².